The molecule has 1 unspecified atom stereocenters. The molecule has 0 saturated carbocycles. The van der Waals surface area contributed by atoms with Crippen molar-refractivity contribution in [1.82, 2.24) is 0 Å². The van der Waals surface area contributed by atoms with Crippen LogP contribution < -0.4 is 0 Å². The summed E-state index contributed by atoms with van der Waals surface area (Å²) >= 11 is 0. The molecule has 0 bridgehead atoms. The fourth-order valence-corrected chi connectivity index (χ4v) is 0.389. The smallest absolute Gasteiger partial charge is 0.305 e. The zero-order valence-corrected chi connectivity index (χ0v) is 5.71. The summed E-state index contributed by atoms with van der Waals surface area (Å²) in [5.41, 5.74) is 0. The van der Waals surface area contributed by atoms with Crippen molar-refractivity contribution in [3.05, 3.63) is 0 Å². The highest BCUT2D eigenvalue weighted by molar-refractivity contribution is 5.65. The Bertz CT molecular complexity index is 91.0. The maximum Gasteiger partial charge on any atom is 0.305 e. The Kier molecular flexibility index (Phi) is 4.00. The molecule has 0 spiro atoms. The van der Waals surface area contributed by atoms with Crippen molar-refractivity contribution < 1.29 is 19.3 Å². The Hall–Kier alpha value is -0.610. The largest absolute Gasteiger partial charge is 0.433 e. The van der Waals surface area contributed by atoms with Crippen LogP contribution in [0.2, 0.25) is 0 Å². The Morgan fingerprint density at radius 3 is 2.44 bits per heavy atom. The Morgan fingerprint density at radius 1 is 1.56 bits per heavy atom. The van der Waals surface area contributed by atoms with Gasteiger partial charge in [-0.3, -0.25) is 4.79 Å². The predicted octanol–water partition coefficient (Wildman–Crippen LogP) is 0.474. The van der Waals surface area contributed by atoms with E-state index in [0.29, 0.717) is 0 Å². The summed E-state index contributed by atoms with van der Waals surface area (Å²) < 4.78 is 4.50. The van der Waals surface area contributed by atoms with Gasteiger partial charge in [0.1, 0.15) is 0 Å². The van der Waals surface area contributed by atoms with Gasteiger partial charge in [-0.25, -0.2) is 4.89 Å². The van der Waals surface area contributed by atoms with Crippen LogP contribution in [0.1, 0.15) is 13.8 Å². The molecule has 0 aliphatic heterocycles. The highest BCUT2D eigenvalue weighted by Crippen LogP contribution is 1.92. The molecular formula is C5H10O4. The van der Waals surface area contributed by atoms with Crippen LogP contribution in [0.4, 0.5) is 0 Å². The van der Waals surface area contributed by atoms with Crippen LogP contribution in [0.5, 0.6) is 0 Å². The first-order valence-electron chi connectivity index (χ1n) is 2.53. The lowest BCUT2D eigenvalue weighted by Gasteiger charge is -2.08. The molecule has 0 saturated heterocycles. The summed E-state index contributed by atoms with van der Waals surface area (Å²) in [7, 11) is 1.35. The van der Waals surface area contributed by atoms with Crippen molar-refractivity contribution in [3.63, 3.8) is 0 Å². The number of hydrogen-bond acceptors (Lipinski definition) is 4. The minimum absolute atomic E-state index is 0.389. The molecule has 4 heteroatoms. The lowest BCUT2D eigenvalue weighted by molar-refractivity contribution is -0.349. The molecule has 0 rings (SSSR count). The first-order chi connectivity index (χ1) is 4.16. The van der Waals surface area contributed by atoms with Gasteiger partial charge in [0, 0.05) is 13.8 Å². The minimum atomic E-state index is -0.632. The van der Waals surface area contributed by atoms with Gasteiger partial charge in [0.15, 0.2) is 0 Å². The third kappa shape index (κ3) is 5.26. The van der Waals surface area contributed by atoms with Crippen LogP contribution >= 0.6 is 0 Å². The van der Waals surface area contributed by atoms with Crippen molar-refractivity contribution in [1.29, 1.82) is 0 Å². The molecule has 0 aromatic rings. The number of ether oxygens (including phenoxy) is 1. The highest BCUT2D eigenvalue weighted by atomic mass is 17.2. The van der Waals surface area contributed by atoms with Gasteiger partial charge in [0.05, 0.1) is 7.11 Å². The number of carbonyl (C=O) groups is 1. The molecule has 0 heterocycles. The standard InChI is InChI=1S/C5H10O4/c1-4(6)8-5(2)9-7-3/h5H,1-3H3. The van der Waals surface area contributed by atoms with E-state index in [1.165, 1.54) is 14.0 Å². The van der Waals surface area contributed by atoms with Gasteiger partial charge in [-0.1, -0.05) is 0 Å². The van der Waals surface area contributed by atoms with E-state index in [1.807, 2.05) is 0 Å². The molecular weight excluding hydrogens is 124 g/mol. The predicted molar refractivity (Wildman–Crippen MR) is 29.3 cm³/mol. The topological polar surface area (TPSA) is 44.8 Å². The number of esters is 1. The van der Waals surface area contributed by atoms with E-state index in [9.17, 15) is 4.79 Å². The average Bonchev–Trinajstić information content (AvgIpc) is 1.63. The van der Waals surface area contributed by atoms with Gasteiger partial charge in [-0.05, 0) is 0 Å². The van der Waals surface area contributed by atoms with Crippen LogP contribution in [0.15, 0.2) is 0 Å². The Labute approximate surface area is 53.6 Å². The van der Waals surface area contributed by atoms with E-state index in [-0.39, 0.29) is 5.97 Å². The van der Waals surface area contributed by atoms with Crippen LogP contribution in [0, 0.1) is 0 Å². The number of rotatable bonds is 3. The van der Waals surface area contributed by atoms with Crippen molar-refractivity contribution >= 4 is 5.97 Å². The SMILES string of the molecule is COOC(C)OC(C)=O. The summed E-state index contributed by atoms with van der Waals surface area (Å²) in [5.74, 6) is -0.389. The molecule has 0 aliphatic carbocycles. The second-order valence-electron chi connectivity index (χ2n) is 1.44. The average molecular weight is 134 g/mol. The van der Waals surface area contributed by atoms with Crippen LogP contribution in [-0.4, -0.2) is 19.4 Å². The van der Waals surface area contributed by atoms with Gasteiger partial charge in [0.2, 0.25) is 6.29 Å². The van der Waals surface area contributed by atoms with E-state index < -0.39 is 6.29 Å². The highest BCUT2D eigenvalue weighted by Gasteiger charge is 2.03. The van der Waals surface area contributed by atoms with Gasteiger partial charge < -0.3 is 4.74 Å². The molecule has 4 nitrogen and oxygen atoms in total. The fraction of sp³-hybridized carbons (Fsp3) is 0.800. The summed E-state index contributed by atoms with van der Waals surface area (Å²) in [6.45, 7) is 2.86. The second-order valence-corrected chi connectivity index (χ2v) is 1.44. The molecule has 54 valence electrons. The Morgan fingerprint density at radius 2 is 2.11 bits per heavy atom. The van der Waals surface area contributed by atoms with E-state index in [2.05, 4.69) is 14.5 Å². The third-order valence-electron chi connectivity index (χ3n) is 0.564. The molecule has 0 radical (unpaired) electrons. The van der Waals surface area contributed by atoms with E-state index >= 15 is 0 Å². The fourth-order valence-electron chi connectivity index (χ4n) is 0.389. The first kappa shape index (κ1) is 8.39. The number of carbonyl (C=O) groups excluding carboxylic acids is 1. The Balaban J connectivity index is 3.26. The molecule has 0 aliphatic rings. The van der Waals surface area contributed by atoms with Crippen LogP contribution in [0.3, 0.4) is 0 Å². The summed E-state index contributed by atoms with van der Waals surface area (Å²) in [5, 5.41) is 0. The first-order valence-corrected chi connectivity index (χ1v) is 2.53. The van der Waals surface area contributed by atoms with Crippen molar-refractivity contribution in [2.75, 3.05) is 7.11 Å². The van der Waals surface area contributed by atoms with Crippen LogP contribution in [0.25, 0.3) is 0 Å². The molecule has 1 atom stereocenters. The molecule has 0 aromatic heterocycles. The second kappa shape index (κ2) is 4.29. The zero-order chi connectivity index (χ0) is 7.28. The van der Waals surface area contributed by atoms with Gasteiger partial charge >= 0.3 is 5.97 Å². The van der Waals surface area contributed by atoms with Crippen molar-refractivity contribution in [2.45, 2.75) is 20.1 Å². The van der Waals surface area contributed by atoms with Crippen molar-refractivity contribution in [3.8, 4) is 0 Å². The summed E-state index contributed by atoms with van der Waals surface area (Å²) in [6.07, 6.45) is -0.632. The normalized spacial score (nSPS) is 12.8. The van der Waals surface area contributed by atoms with Crippen LogP contribution in [-0.2, 0) is 19.3 Å². The maximum absolute atomic E-state index is 10.2. The minimum Gasteiger partial charge on any atom is -0.433 e. The van der Waals surface area contributed by atoms with Gasteiger partial charge in [-0.15, -0.1) is 0 Å². The molecule has 0 amide bonds. The van der Waals surface area contributed by atoms with E-state index in [4.69, 9.17) is 0 Å². The lowest BCUT2D eigenvalue weighted by atomic mass is 10.7. The monoisotopic (exact) mass is 134 g/mol. The van der Waals surface area contributed by atoms with Gasteiger partial charge in [0.25, 0.3) is 0 Å². The molecule has 0 fully saturated rings. The molecule has 0 aromatic carbocycles. The van der Waals surface area contributed by atoms with E-state index in [1.54, 1.807) is 6.92 Å². The summed E-state index contributed by atoms with van der Waals surface area (Å²) in [6, 6.07) is 0. The lowest BCUT2D eigenvalue weighted by Crippen LogP contribution is -2.15. The van der Waals surface area contributed by atoms with E-state index in [0.717, 1.165) is 0 Å². The summed E-state index contributed by atoms with van der Waals surface area (Å²) in [4.78, 5) is 18.8. The van der Waals surface area contributed by atoms with Gasteiger partial charge in [-0.2, -0.15) is 4.89 Å². The maximum atomic E-state index is 10.2. The third-order valence-corrected chi connectivity index (χ3v) is 0.564. The molecule has 0 N–H and O–H groups in total. The zero-order valence-electron chi connectivity index (χ0n) is 5.71. The quantitative estimate of drug-likeness (QED) is 0.243. The van der Waals surface area contributed by atoms with Crippen molar-refractivity contribution in [2.24, 2.45) is 0 Å². The number of hydrogen-bond donors (Lipinski definition) is 0. The molecule has 9 heavy (non-hydrogen) atoms.